The maximum Gasteiger partial charge on any atom is 0.340 e. The van der Waals surface area contributed by atoms with E-state index in [1.807, 2.05) is 24.3 Å². The van der Waals surface area contributed by atoms with Crippen molar-refractivity contribution in [1.29, 1.82) is 0 Å². The van der Waals surface area contributed by atoms with Crippen molar-refractivity contribution in [3.05, 3.63) is 74.6 Å². The second-order valence-electron chi connectivity index (χ2n) is 8.20. The first-order chi connectivity index (χ1) is 16.5. The van der Waals surface area contributed by atoms with E-state index in [2.05, 4.69) is 37.9 Å². The summed E-state index contributed by atoms with van der Waals surface area (Å²) in [7, 11) is 4.83. The number of nitrogens with zero attached hydrogens (tertiary/aromatic N) is 2. The van der Waals surface area contributed by atoms with Crippen molar-refractivity contribution in [2.45, 2.75) is 13.1 Å². The summed E-state index contributed by atoms with van der Waals surface area (Å²) >= 11 is 3.53. The van der Waals surface area contributed by atoms with Gasteiger partial charge in [0.2, 0.25) is 0 Å². The molecule has 0 saturated carbocycles. The van der Waals surface area contributed by atoms with Gasteiger partial charge in [-0.05, 0) is 57.9 Å². The fraction of sp³-hybridized carbons (Fsp3) is 0.346. The monoisotopic (exact) mass is 528 g/mol. The van der Waals surface area contributed by atoms with Crippen LogP contribution in [0.25, 0.3) is 11.3 Å². The Labute approximate surface area is 208 Å². The highest BCUT2D eigenvalue weighted by Crippen LogP contribution is 2.38. The molecule has 0 bridgehead atoms. The van der Waals surface area contributed by atoms with Gasteiger partial charge in [0.25, 0.3) is 0 Å². The van der Waals surface area contributed by atoms with Gasteiger partial charge in [-0.2, -0.15) is 0 Å². The molecule has 7 nitrogen and oxygen atoms in total. The van der Waals surface area contributed by atoms with Crippen LogP contribution < -0.4 is 19.8 Å². The number of rotatable bonds is 8. The summed E-state index contributed by atoms with van der Waals surface area (Å²) in [5.74, 6) is 2.52. The molecule has 1 aliphatic heterocycles. The minimum absolute atomic E-state index is 0.320. The molecule has 0 spiro atoms. The van der Waals surface area contributed by atoms with Gasteiger partial charge in [-0.1, -0.05) is 12.1 Å². The molecule has 0 aliphatic carbocycles. The summed E-state index contributed by atoms with van der Waals surface area (Å²) in [6.45, 7) is 5.19. The number of hydrogen-bond acceptors (Lipinski definition) is 7. The first-order valence-corrected chi connectivity index (χ1v) is 11.9. The van der Waals surface area contributed by atoms with Crippen LogP contribution in [-0.2, 0) is 13.1 Å². The van der Waals surface area contributed by atoms with Crippen LogP contribution in [0.4, 0.5) is 0 Å². The lowest BCUT2D eigenvalue weighted by atomic mass is 10.1. The zero-order valence-electron chi connectivity index (χ0n) is 19.7. The largest absolute Gasteiger partial charge is 0.497 e. The predicted molar refractivity (Wildman–Crippen MR) is 135 cm³/mol. The van der Waals surface area contributed by atoms with Gasteiger partial charge >= 0.3 is 5.63 Å². The van der Waals surface area contributed by atoms with E-state index in [1.165, 1.54) is 5.56 Å². The molecule has 0 amide bonds. The number of benzene rings is 2. The maximum atomic E-state index is 12.7. The van der Waals surface area contributed by atoms with Gasteiger partial charge in [0.05, 0.1) is 26.9 Å². The molecule has 1 aromatic heterocycles. The van der Waals surface area contributed by atoms with E-state index in [0.29, 0.717) is 29.4 Å². The lowest BCUT2D eigenvalue weighted by Crippen LogP contribution is -2.45. The molecule has 4 rings (SSSR count). The Hall–Kier alpha value is -2.81. The molecule has 1 saturated heterocycles. The minimum atomic E-state index is -0.320. The lowest BCUT2D eigenvalue weighted by Gasteiger charge is -2.34. The number of methoxy groups -OCH3 is 3. The topological polar surface area (TPSA) is 64.4 Å². The van der Waals surface area contributed by atoms with Crippen LogP contribution >= 0.6 is 15.9 Å². The average molecular weight is 529 g/mol. The standard InChI is InChI=1S/C26H29BrN2O5/c1-31-20-7-4-18(5-8-20)16-28-10-12-29(13-11-28)17-19-6-9-23(34-26(19)30)21-14-24(32-2)25(33-3)15-22(21)27/h4-9,14-15H,10-13,16-17H2,1-3H3. The molecule has 2 aromatic carbocycles. The minimum Gasteiger partial charge on any atom is -0.497 e. The van der Waals surface area contributed by atoms with Crippen LogP contribution in [-0.4, -0.2) is 57.3 Å². The SMILES string of the molecule is COc1ccc(CN2CCN(Cc3ccc(-c4cc(OC)c(OC)cc4Br)oc3=O)CC2)cc1. The Bertz CT molecular complexity index is 1170. The molecule has 0 atom stereocenters. The molecule has 8 heteroatoms. The molecule has 1 fully saturated rings. The van der Waals surface area contributed by atoms with E-state index in [0.717, 1.165) is 48.5 Å². The lowest BCUT2D eigenvalue weighted by molar-refractivity contribution is 0.121. The molecule has 0 unspecified atom stereocenters. The summed E-state index contributed by atoms with van der Waals surface area (Å²) in [6.07, 6.45) is 0. The summed E-state index contributed by atoms with van der Waals surface area (Å²) in [5.41, 5.74) is 2.34. The van der Waals surface area contributed by atoms with E-state index < -0.39 is 0 Å². The third kappa shape index (κ3) is 5.63. The molecule has 0 radical (unpaired) electrons. The number of piperazine rings is 1. The van der Waals surface area contributed by atoms with Gasteiger partial charge in [-0.15, -0.1) is 0 Å². The molecule has 2 heterocycles. The smallest absolute Gasteiger partial charge is 0.340 e. The highest BCUT2D eigenvalue weighted by atomic mass is 79.9. The van der Waals surface area contributed by atoms with Gasteiger partial charge in [0.15, 0.2) is 11.5 Å². The van der Waals surface area contributed by atoms with Crippen LogP contribution in [0.5, 0.6) is 17.2 Å². The van der Waals surface area contributed by atoms with Crippen molar-refractivity contribution in [2.75, 3.05) is 47.5 Å². The van der Waals surface area contributed by atoms with E-state index in [1.54, 1.807) is 33.5 Å². The normalized spacial score (nSPS) is 14.7. The van der Waals surface area contributed by atoms with E-state index >= 15 is 0 Å². The fourth-order valence-corrected chi connectivity index (χ4v) is 4.60. The van der Waals surface area contributed by atoms with E-state index in [-0.39, 0.29) is 5.63 Å². The van der Waals surface area contributed by atoms with Gasteiger partial charge < -0.3 is 18.6 Å². The van der Waals surface area contributed by atoms with Crippen LogP contribution in [0.3, 0.4) is 0 Å². The summed E-state index contributed by atoms with van der Waals surface area (Å²) < 4.78 is 22.4. The first-order valence-electron chi connectivity index (χ1n) is 11.1. The van der Waals surface area contributed by atoms with Crippen LogP contribution in [0, 0.1) is 0 Å². The van der Waals surface area contributed by atoms with Crippen molar-refractivity contribution in [3.63, 3.8) is 0 Å². The van der Waals surface area contributed by atoms with Crippen LogP contribution in [0.2, 0.25) is 0 Å². The summed E-state index contributed by atoms with van der Waals surface area (Å²) in [6, 6.07) is 15.5. The Kier molecular flexibility index (Phi) is 7.92. The first kappa shape index (κ1) is 24.3. The third-order valence-electron chi connectivity index (χ3n) is 6.06. The molecule has 0 N–H and O–H groups in total. The van der Waals surface area contributed by atoms with Gasteiger partial charge in [-0.3, -0.25) is 9.80 Å². The van der Waals surface area contributed by atoms with Crippen molar-refractivity contribution >= 4 is 15.9 Å². The Morgan fingerprint density at radius 3 is 2.03 bits per heavy atom. The second-order valence-corrected chi connectivity index (χ2v) is 9.05. The van der Waals surface area contributed by atoms with Gasteiger partial charge in [0.1, 0.15) is 11.5 Å². The van der Waals surface area contributed by atoms with Crippen molar-refractivity contribution in [2.24, 2.45) is 0 Å². The summed E-state index contributed by atoms with van der Waals surface area (Å²) in [4.78, 5) is 17.5. The van der Waals surface area contributed by atoms with Crippen molar-refractivity contribution < 1.29 is 18.6 Å². The number of hydrogen-bond donors (Lipinski definition) is 0. The molecule has 1 aliphatic rings. The molecule has 34 heavy (non-hydrogen) atoms. The Morgan fingerprint density at radius 1 is 0.824 bits per heavy atom. The quantitative estimate of drug-likeness (QED) is 0.428. The van der Waals surface area contributed by atoms with Crippen molar-refractivity contribution in [3.8, 4) is 28.6 Å². The Morgan fingerprint density at radius 2 is 1.44 bits per heavy atom. The van der Waals surface area contributed by atoms with Crippen molar-refractivity contribution in [1.82, 2.24) is 9.80 Å². The fourth-order valence-electron chi connectivity index (χ4n) is 4.08. The van der Waals surface area contributed by atoms with Crippen LogP contribution in [0.1, 0.15) is 11.1 Å². The number of ether oxygens (including phenoxy) is 3. The van der Waals surface area contributed by atoms with Gasteiger partial charge in [-0.25, -0.2) is 4.79 Å². The molecular weight excluding hydrogens is 500 g/mol. The third-order valence-corrected chi connectivity index (χ3v) is 6.72. The molecule has 3 aromatic rings. The highest BCUT2D eigenvalue weighted by Gasteiger charge is 2.19. The second kappa shape index (κ2) is 11.1. The van der Waals surface area contributed by atoms with Gasteiger partial charge in [0, 0.05) is 49.3 Å². The zero-order valence-corrected chi connectivity index (χ0v) is 21.3. The maximum absolute atomic E-state index is 12.7. The predicted octanol–water partition coefficient (Wildman–Crippen LogP) is 4.41. The van der Waals surface area contributed by atoms with E-state index in [4.69, 9.17) is 18.6 Å². The molecule has 180 valence electrons. The highest BCUT2D eigenvalue weighted by molar-refractivity contribution is 9.10. The van der Waals surface area contributed by atoms with E-state index in [9.17, 15) is 4.79 Å². The number of halogens is 1. The summed E-state index contributed by atoms with van der Waals surface area (Å²) in [5, 5.41) is 0. The Balaban J connectivity index is 1.38. The average Bonchev–Trinajstić information content (AvgIpc) is 2.86. The molecular formula is C26H29BrN2O5. The van der Waals surface area contributed by atoms with Crippen LogP contribution in [0.15, 0.2) is 62.2 Å². The zero-order chi connectivity index (χ0) is 24.1.